The summed E-state index contributed by atoms with van der Waals surface area (Å²) < 4.78 is 36.4. The third kappa shape index (κ3) is 14.5. The molecule has 0 aromatic heterocycles. The summed E-state index contributed by atoms with van der Waals surface area (Å²) in [4.78, 5) is 128. The van der Waals surface area contributed by atoms with E-state index < -0.39 is 129 Å². The van der Waals surface area contributed by atoms with Crippen LogP contribution in [0.3, 0.4) is 0 Å². The number of amides is 2. The van der Waals surface area contributed by atoms with Crippen LogP contribution in [-0.2, 0) is 52.5 Å². The number of aromatic nitrogens is 1. The summed E-state index contributed by atoms with van der Waals surface area (Å²) in [5, 5.41) is 40.3. The van der Waals surface area contributed by atoms with Gasteiger partial charge in [0.1, 0.15) is 65.0 Å². The second-order valence-corrected chi connectivity index (χ2v) is 24.5. The quantitative estimate of drug-likeness (QED) is 0.0149. The number of aromatic hydroxyl groups is 2. The highest BCUT2D eigenvalue weighted by atomic mass is 16.7. The van der Waals surface area contributed by atoms with Crippen molar-refractivity contribution in [2.45, 2.75) is 139 Å². The van der Waals surface area contributed by atoms with Crippen molar-refractivity contribution in [2.75, 3.05) is 49.5 Å². The van der Waals surface area contributed by atoms with E-state index in [1.54, 1.807) is 52.0 Å². The molecule has 0 radical (unpaired) electrons. The first kappa shape index (κ1) is 66.3. The highest BCUT2D eigenvalue weighted by molar-refractivity contribution is 6.22. The summed E-state index contributed by atoms with van der Waals surface area (Å²) in [6.45, 7) is 24.9. The number of nitrogens with zero attached hydrogens (tertiary/aromatic N) is 3. The Hall–Kier alpha value is -8.18. The van der Waals surface area contributed by atoms with Crippen LogP contribution in [0, 0.1) is 47.8 Å². The van der Waals surface area contributed by atoms with E-state index in [1.807, 2.05) is 6.92 Å². The van der Waals surface area contributed by atoms with Gasteiger partial charge in [-0.15, -0.1) is 0 Å². The van der Waals surface area contributed by atoms with Crippen molar-refractivity contribution in [3.05, 3.63) is 69.6 Å². The molecule has 1 fully saturated rings. The summed E-state index contributed by atoms with van der Waals surface area (Å²) >= 11 is 0. The summed E-state index contributed by atoms with van der Waals surface area (Å²) in [6, 6.07) is 1.86. The molecular weight excluding hydrogens is 1130 g/mol. The molecule has 87 heavy (non-hydrogen) atoms. The second-order valence-electron chi connectivity index (χ2n) is 24.5. The molecular formula is C64H81N5O18. The molecule has 2 aromatic rings. The zero-order valence-electron chi connectivity index (χ0n) is 51.6. The zero-order chi connectivity index (χ0) is 64.1. The fourth-order valence-electron chi connectivity index (χ4n) is 11.4. The molecule has 470 valence electrons. The third-order valence-electron chi connectivity index (χ3n) is 16.7. The highest BCUT2D eigenvalue weighted by Gasteiger charge is 2.50. The number of rotatable bonds is 15. The Labute approximate surface area is 504 Å². The van der Waals surface area contributed by atoms with Gasteiger partial charge in [0.2, 0.25) is 11.3 Å². The largest absolute Gasteiger partial charge is 0.507 e. The first-order valence-electron chi connectivity index (χ1n) is 29.4. The Morgan fingerprint density at radius 3 is 2.22 bits per heavy atom. The maximum absolute atomic E-state index is 15.1. The van der Waals surface area contributed by atoms with Crippen molar-refractivity contribution in [3.8, 4) is 28.7 Å². The Kier molecular flexibility index (Phi) is 20.8. The lowest BCUT2D eigenvalue weighted by atomic mass is 9.77. The number of aldehydes is 2. The van der Waals surface area contributed by atoms with E-state index in [0.717, 1.165) is 19.6 Å². The Balaban J connectivity index is 1.27. The lowest BCUT2D eigenvalue weighted by Gasteiger charge is -2.38. The molecule has 8 rings (SSSR count). The number of nitrogens with one attached hydrogen (secondary N) is 2. The predicted molar refractivity (Wildman–Crippen MR) is 321 cm³/mol. The van der Waals surface area contributed by atoms with Crippen LogP contribution in [0.1, 0.15) is 118 Å². The number of anilines is 2. The molecule has 5 aliphatic heterocycles. The number of hydrogen-bond acceptors (Lipinski definition) is 21. The van der Waals surface area contributed by atoms with Crippen LogP contribution in [0.25, 0.3) is 33.3 Å². The molecule has 1 aliphatic carbocycles. The van der Waals surface area contributed by atoms with Crippen LogP contribution in [0.15, 0.2) is 57.5 Å². The van der Waals surface area contributed by atoms with Gasteiger partial charge in [-0.05, 0) is 44.1 Å². The minimum atomic E-state index is -2.11. The first-order valence-corrected chi connectivity index (χ1v) is 29.4. The van der Waals surface area contributed by atoms with E-state index in [-0.39, 0.29) is 88.2 Å². The molecule has 9 atom stereocenters. The van der Waals surface area contributed by atoms with E-state index >= 15 is 4.79 Å². The topological polar surface area (TPSA) is 317 Å². The molecule has 5 N–H and O–H groups in total. The zero-order valence-corrected chi connectivity index (χ0v) is 51.6. The number of piperazine rings is 1. The van der Waals surface area contributed by atoms with Gasteiger partial charge in [-0.3, -0.25) is 38.5 Å². The molecule has 5 heterocycles. The lowest BCUT2D eigenvalue weighted by Crippen LogP contribution is -2.47. The minimum absolute atomic E-state index is 0.00218. The van der Waals surface area contributed by atoms with Crippen molar-refractivity contribution in [1.29, 1.82) is 0 Å². The molecule has 2 amide bonds. The average molecular weight is 1210 g/mol. The third-order valence-corrected chi connectivity index (χ3v) is 16.7. The van der Waals surface area contributed by atoms with Crippen molar-refractivity contribution in [2.24, 2.45) is 40.9 Å². The number of aliphatic hydroxyl groups excluding tert-OH is 1. The van der Waals surface area contributed by atoms with Gasteiger partial charge in [0.15, 0.2) is 11.3 Å². The Morgan fingerprint density at radius 1 is 0.908 bits per heavy atom. The van der Waals surface area contributed by atoms with Crippen molar-refractivity contribution < 1.29 is 81.8 Å². The van der Waals surface area contributed by atoms with Crippen LogP contribution in [0.2, 0.25) is 0 Å². The van der Waals surface area contributed by atoms with Gasteiger partial charge >= 0.3 is 23.7 Å². The highest BCUT2D eigenvalue weighted by Crippen LogP contribution is 2.51. The fraction of sp³-hybridized carbons (Fsp3) is 0.531. The number of ketones is 1. The minimum Gasteiger partial charge on any atom is -0.507 e. The number of fused-ring (bicyclic) bond motifs is 14. The maximum atomic E-state index is 15.1. The number of carbonyl (C=O) groups excluding carboxylic acids is 8. The Morgan fingerprint density at radius 2 is 1.57 bits per heavy atom. The number of benzene rings is 3. The maximum Gasteiger partial charge on any atom is 0.312 e. The van der Waals surface area contributed by atoms with Gasteiger partial charge in [-0.25, -0.2) is 4.98 Å². The number of phenols is 2. The summed E-state index contributed by atoms with van der Waals surface area (Å²) in [7, 11) is 0. The number of carbonyl (C=O) groups is 8. The molecule has 0 unspecified atom stereocenters. The van der Waals surface area contributed by atoms with Gasteiger partial charge in [-0.2, -0.15) is 0 Å². The number of Topliss-reactive ketones (excluding diaryl/α,β-unsaturated/α-hetero) is 1. The van der Waals surface area contributed by atoms with E-state index in [9.17, 15) is 53.7 Å². The summed E-state index contributed by atoms with van der Waals surface area (Å²) in [5.74, 6) is -10.7. The van der Waals surface area contributed by atoms with E-state index in [4.69, 9.17) is 33.1 Å². The van der Waals surface area contributed by atoms with Gasteiger partial charge in [0.05, 0.1) is 41.8 Å². The SMILES string of the molecule is CC(=O)O[C@H]1[C@H](C)[C@H](O)[C@H](C)[C@@H](OC(=O)CCCOC(=O)CC(C)(C)C(=O)NC(C=O)C=O)[C@@H](C)/C=C/C=C(/C)C(=O)Nc2c3oc4cc(N5CCN(CC(C)C)CC5)cc(O)c4nc-3c3c4c(c(C)c(O)c3c2=O)O[C@](C)(O/C=C/[C@H](C)[C@H]1C)C4=O. The predicted octanol–water partition coefficient (Wildman–Crippen LogP) is 7.23. The van der Waals surface area contributed by atoms with E-state index in [2.05, 4.69) is 34.3 Å². The number of ether oxygens (including phenoxy) is 5. The number of allylic oxidation sites excluding steroid dienone is 3. The standard InChI is InChI=1S/C64H81N5O18/c1-32(2)29-68-20-22-69(23-21-68)42-26-43(73)50-44(27-42)85-59-51(66-50)47-48-54(77)39(9)58-49(47)60(79)64(13,87-58)83-25-19-33(3)36(6)57(84-40(10)72)38(8)53(76)37(7)56(34(4)16-14-17-35(5)61(80)67-52(59)55(48)78)86-45(74)18-15-24-82-46(75)28-63(11,12)62(81)65-41(30-70)31-71/h14,16-17,19,25-27,30-34,36-38,41,53,56-57,73,76-77H,15,18,20-24,28-29H2,1-13H3,(H,65,81)(H,67,80)/b16-14+,25-19+,35-17-/t33-,34-,36+,37-,38+,53+,56-,57+,64-/m0/s1. The number of aliphatic hydroxyl groups is 1. The lowest BCUT2D eigenvalue weighted by molar-refractivity contribution is -0.164. The summed E-state index contributed by atoms with van der Waals surface area (Å²) in [6.07, 6.45) is 4.02. The van der Waals surface area contributed by atoms with E-state index in [0.29, 0.717) is 24.7 Å². The number of esters is 3. The molecule has 5 bridgehead atoms. The molecule has 23 heteroatoms. The first-order chi connectivity index (χ1) is 40.9. The van der Waals surface area contributed by atoms with Gasteiger partial charge < -0.3 is 68.5 Å². The smallest absolute Gasteiger partial charge is 0.312 e. The fourth-order valence-corrected chi connectivity index (χ4v) is 11.4. The normalized spacial score (nSPS) is 25.6. The molecule has 0 saturated carbocycles. The van der Waals surface area contributed by atoms with Gasteiger partial charge in [0.25, 0.3) is 11.7 Å². The monoisotopic (exact) mass is 1210 g/mol. The molecule has 23 nitrogen and oxygen atoms in total. The van der Waals surface area contributed by atoms with Gasteiger partial charge in [-0.1, -0.05) is 80.5 Å². The molecule has 2 aromatic carbocycles. The van der Waals surface area contributed by atoms with Crippen LogP contribution in [0.4, 0.5) is 11.4 Å². The molecule has 0 spiro atoms. The van der Waals surface area contributed by atoms with Gasteiger partial charge in [0, 0.05) is 105 Å². The second kappa shape index (κ2) is 27.2. The number of phenolic OH excluding ortho intramolecular Hbond substituents is 2. The average Bonchev–Trinajstić information content (AvgIpc) is 1.86. The van der Waals surface area contributed by atoms with Crippen LogP contribution >= 0.6 is 0 Å². The Bertz CT molecular complexity index is 3440. The summed E-state index contributed by atoms with van der Waals surface area (Å²) in [5.41, 5.74) is -2.40. The van der Waals surface area contributed by atoms with Crippen molar-refractivity contribution in [1.82, 2.24) is 15.2 Å². The molecule has 6 aliphatic rings. The molecule has 1 saturated heterocycles. The van der Waals surface area contributed by atoms with Crippen LogP contribution in [0.5, 0.6) is 17.2 Å². The van der Waals surface area contributed by atoms with Crippen LogP contribution in [-0.4, -0.2) is 143 Å². The van der Waals surface area contributed by atoms with Crippen LogP contribution < -0.4 is 25.7 Å². The van der Waals surface area contributed by atoms with E-state index in [1.165, 1.54) is 60.0 Å². The van der Waals surface area contributed by atoms with Crippen molar-refractivity contribution >= 4 is 81.3 Å². The number of hydrogen-bond donors (Lipinski definition) is 5. The van der Waals surface area contributed by atoms with Crippen molar-refractivity contribution in [3.63, 3.8) is 0 Å².